The second kappa shape index (κ2) is 7.41. The molecule has 0 amide bonds. The van der Waals surface area contributed by atoms with Gasteiger partial charge in [0.2, 0.25) is 0 Å². The lowest BCUT2D eigenvalue weighted by atomic mass is 10.3. The molecule has 0 spiro atoms. The molecule has 1 heterocycles. The summed E-state index contributed by atoms with van der Waals surface area (Å²) in [5.74, 6) is 1.22. The largest absolute Gasteiger partial charge is 0.454 e. The Labute approximate surface area is 152 Å². The molecule has 118 valence electrons. The molecular weight excluding hydrogens is 375 g/mol. The summed E-state index contributed by atoms with van der Waals surface area (Å²) in [5.41, 5.74) is 0.850. The summed E-state index contributed by atoms with van der Waals surface area (Å²) in [6.45, 7) is 0.610. The molecule has 3 nitrogen and oxygen atoms in total. The SMILES string of the molecule is Clc1ccc(Oc2ccccc2NCc2cnc(Cl)s2)c(Cl)c1. The fourth-order valence-electron chi connectivity index (χ4n) is 1.93. The van der Waals surface area contributed by atoms with Gasteiger partial charge in [-0.2, -0.15) is 0 Å². The number of para-hydroxylation sites is 2. The summed E-state index contributed by atoms with van der Waals surface area (Å²) in [6, 6.07) is 12.7. The maximum atomic E-state index is 6.16. The minimum atomic E-state index is 0.460. The number of rotatable bonds is 5. The normalized spacial score (nSPS) is 10.6. The van der Waals surface area contributed by atoms with Crippen molar-refractivity contribution in [1.82, 2.24) is 4.98 Å². The second-order valence-electron chi connectivity index (χ2n) is 4.61. The van der Waals surface area contributed by atoms with Gasteiger partial charge in [0.05, 0.1) is 17.3 Å². The number of halogens is 3. The van der Waals surface area contributed by atoms with Crippen LogP contribution in [0.2, 0.25) is 14.5 Å². The number of aromatic nitrogens is 1. The summed E-state index contributed by atoms with van der Waals surface area (Å²) in [4.78, 5) is 5.06. The predicted molar refractivity (Wildman–Crippen MR) is 97.4 cm³/mol. The Morgan fingerprint density at radius 3 is 2.61 bits per heavy atom. The molecule has 7 heteroatoms. The fraction of sp³-hybridized carbons (Fsp3) is 0.0625. The van der Waals surface area contributed by atoms with Crippen molar-refractivity contribution in [2.75, 3.05) is 5.32 Å². The van der Waals surface area contributed by atoms with Crippen molar-refractivity contribution in [2.45, 2.75) is 6.54 Å². The molecule has 0 aliphatic carbocycles. The maximum Gasteiger partial charge on any atom is 0.183 e. The summed E-state index contributed by atoms with van der Waals surface area (Å²) in [5, 5.41) is 4.34. The predicted octanol–water partition coefficient (Wildman–Crippen LogP) is 6.51. The molecule has 0 aliphatic heterocycles. The van der Waals surface area contributed by atoms with Crippen LogP contribution in [0.15, 0.2) is 48.7 Å². The summed E-state index contributed by atoms with van der Waals surface area (Å²) >= 11 is 19.3. The van der Waals surface area contributed by atoms with E-state index in [-0.39, 0.29) is 0 Å². The molecule has 2 aromatic carbocycles. The van der Waals surface area contributed by atoms with Crippen LogP contribution in [0.25, 0.3) is 0 Å². The Balaban J connectivity index is 1.77. The van der Waals surface area contributed by atoms with Crippen LogP contribution >= 0.6 is 46.1 Å². The van der Waals surface area contributed by atoms with Gasteiger partial charge in [-0.25, -0.2) is 4.98 Å². The van der Waals surface area contributed by atoms with Crippen LogP contribution in [0.1, 0.15) is 4.88 Å². The number of hydrogen-bond donors (Lipinski definition) is 1. The van der Waals surface area contributed by atoms with Gasteiger partial charge in [0.15, 0.2) is 10.2 Å². The lowest BCUT2D eigenvalue weighted by Gasteiger charge is -2.13. The lowest BCUT2D eigenvalue weighted by Crippen LogP contribution is -1.99. The summed E-state index contributed by atoms with van der Waals surface area (Å²) in [7, 11) is 0. The van der Waals surface area contributed by atoms with Crippen molar-refractivity contribution in [3.05, 3.63) is 68.1 Å². The first-order valence-electron chi connectivity index (χ1n) is 6.68. The van der Waals surface area contributed by atoms with Gasteiger partial charge in [0.25, 0.3) is 0 Å². The molecule has 0 saturated heterocycles. The molecule has 3 aromatic rings. The number of nitrogens with one attached hydrogen (secondary N) is 1. The van der Waals surface area contributed by atoms with E-state index in [2.05, 4.69) is 10.3 Å². The zero-order valence-corrected chi connectivity index (χ0v) is 14.8. The van der Waals surface area contributed by atoms with Crippen LogP contribution in [0.3, 0.4) is 0 Å². The van der Waals surface area contributed by atoms with Gasteiger partial charge in [-0.05, 0) is 30.3 Å². The van der Waals surface area contributed by atoms with E-state index in [1.54, 1.807) is 24.4 Å². The molecule has 1 aromatic heterocycles. The van der Waals surface area contributed by atoms with E-state index in [9.17, 15) is 0 Å². The average molecular weight is 386 g/mol. The number of thiazole rings is 1. The van der Waals surface area contributed by atoms with E-state index in [0.717, 1.165) is 10.6 Å². The van der Waals surface area contributed by atoms with E-state index in [4.69, 9.17) is 39.5 Å². The van der Waals surface area contributed by atoms with E-state index in [1.807, 2.05) is 24.3 Å². The van der Waals surface area contributed by atoms with E-state index < -0.39 is 0 Å². The molecule has 0 unspecified atom stereocenters. The first kappa shape index (κ1) is 16.4. The topological polar surface area (TPSA) is 34.1 Å². The fourth-order valence-corrected chi connectivity index (χ4v) is 3.29. The van der Waals surface area contributed by atoms with Crippen molar-refractivity contribution < 1.29 is 4.74 Å². The minimum Gasteiger partial charge on any atom is -0.454 e. The molecule has 0 atom stereocenters. The number of benzene rings is 2. The Morgan fingerprint density at radius 2 is 1.87 bits per heavy atom. The third kappa shape index (κ3) is 4.30. The number of ether oxygens (including phenoxy) is 1. The number of anilines is 1. The number of nitrogens with zero attached hydrogens (tertiary/aromatic N) is 1. The van der Waals surface area contributed by atoms with Crippen LogP contribution < -0.4 is 10.1 Å². The van der Waals surface area contributed by atoms with E-state index in [1.165, 1.54) is 11.3 Å². The second-order valence-corrected chi connectivity index (χ2v) is 7.15. The third-order valence-electron chi connectivity index (χ3n) is 2.98. The third-order valence-corrected chi connectivity index (χ3v) is 4.62. The average Bonchev–Trinajstić information content (AvgIpc) is 2.95. The van der Waals surface area contributed by atoms with Crippen molar-refractivity contribution in [3.8, 4) is 11.5 Å². The Morgan fingerprint density at radius 1 is 1.04 bits per heavy atom. The highest BCUT2D eigenvalue weighted by Crippen LogP contribution is 2.35. The summed E-state index contributed by atoms with van der Waals surface area (Å²) in [6.07, 6.45) is 1.75. The smallest absolute Gasteiger partial charge is 0.183 e. The van der Waals surface area contributed by atoms with Gasteiger partial charge < -0.3 is 10.1 Å². The van der Waals surface area contributed by atoms with E-state index >= 15 is 0 Å². The highest BCUT2D eigenvalue weighted by molar-refractivity contribution is 7.15. The number of hydrogen-bond acceptors (Lipinski definition) is 4. The first-order chi connectivity index (χ1) is 11.1. The standard InChI is InChI=1S/C16H11Cl3N2OS/c17-10-5-6-14(12(18)7-10)22-15-4-2-1-3-13(15)20-8-11-9-21-16(19)23-11/h1-7,9,20H,8H2. The zero-order chi connectivity index (χ0) is 16.2. The molecule has 1 N–H and O–H groups in total. The maximum absolute atomic E-state index is 6.16. The Bertz CT molecular complexity index is 823. The molecule has 0 saturated carbocycles. The molecule has 23 heavy (non-hydrogen) atoms. The zero-order valence-electron chi connectivity index (χ0n) is 11.7. The van der Waals surface area contributed by atoms with Gasteiger partial charge in [0.1, 0.15) is 5.75 Å². The Hall–Kier alpha value is -1.46. The molecular formula is C16H11Cl3N2OS. The molecule has 0 aliphatic rings. The van der Waals surface area contributed by atoms with Gasteiger partial charge in [-0.3, -0.25) is 0 Å². The Kier molecular flexibility index (Phi) is 5.28. The molecule has 0 radical (unpaired) electrons. The molecule has 3 rings (SSSR count). The van der Waals surface area contributed by atoms with Crippen LogP contribution in [0.5, 0.6) is 11.5 Å². The van der Waals surface area contributed by atoms with E-state index in [0.29, 0.717) is 32.6 Å². The summed E-state index contributed by atoms with van der Waals surface area (Å²) < 4.78 is 6.42. The monoisotopic (exact) mass is 384 g/mol. The van der Waals surface area contributed by atoms with Gasteiger partial charge >= 0.3 is 0 Å². The van der Waals surface area contributed by atoms with Crippen LogP contribution in [-0.2, 0) is 6.54 Å². The minimum absolute atomic E-state index is 0.460. The van der Waals surface area contributed by atoms with Crippen molar-refractivity contribution in [2.24, 2.45) is 0 Å². The first-order valence-corrected chi connectivity index (χ1v) is 8.63. The quantitative estimate of drug-likeness (QED) is 0.543. The van der Waals surface area contributed by atoms with Crippen molar-refractivity contribution in [3.63, 3.8) is 0 Å². The molecule has 0 fully saturated rings. The van der Waals surface area contributed by atoms with Crippen LogP contribution in [-0.4, -0.2) is 4.98 Å². The highest BCUT2D eigenvalue weighted by Gasteiger charge is 2.08. The van der Waals surface area contributed by atoms with Crippen LogP contribution in [0.4, 0.5) is 5.69 Å². The van der Waals surface area contributed by atoms with Gasteiger partial charge in [0, 0.05) is 16.1 Å². The lowest BCUT2D eigenvalue weighted by molar-refractivity contribution is 0.484. The highest BCUT2D eigenvalue weighted by atomic mass is 35.5. The van der Waals surface area contributed by atoms with Crippen molar-refractivity contribution in [1.29, 1.82) is 0 Å². The van der Waals surface area contributed by atoms with Gasteiger partial charge in [-0.1, -0.05) is 46.9 Å². The van der Waals surface area contributed by atoms with Crippen LogP contribution in [0, 0.1) is 0 Å². The molecule has 0 bridgehead atoms. The van der Waals surface area contributed by atoms with Crippen molar-refractivity contribution >= 4 is 51.8 Å². The van der Waals surface area contributed by atoms with Gasteiger partial charge in [-0.15, -0.1) is 11.3 Å².